The molecule has 6 heteroatoms. The van der Waals surface area contributed by atoms with E-state index >= 15 is 0 Å². The van der Waals surface area contributed by atoms with Crippen LogP contribution in [-0.2, 0) is 9.59 Å². The van der Waals surface area contributed by atoms with Crippen molar-refractivity contribution in [2.75, 3.05) is 26.7 Å². The van der Waals surface area contributed by atoms with Crippen molar-refractivity contribution in [1.82, 2.24) is 9.80 Å². The number of hydrogen-bond acceptors (Lipinski definition) is 3. The Morgan fingerprint density at radius 3 is 2.21 bits per heavy atom. The fraction of sp³-hybridized carbons (Fsp3) is 0.846. The summed E-state index contributed by atoms with van der Waals surface area (Å²) in [7, 11) is 1.81. The molecule has 0 aromatic carbocycles. The van der Waals surface area contributed by atoms with E-state index in [0.717, 1.165) is 25.9 Å². The van der Waals surface area contributed by atoms with Gasteiger partial charge in [0.25, 0.3) is 0 Å². The van der Waals surface area contributed by atoms with Gasteiger partial charge in [-0.25, -0.2) is 0 Å². The number of carbonyl (C=O) groups is 2. The molecule has 1 unspecified atom stereocenters. The average molecular weight is 293 g/mol. The summed E-state index contributed by atoms with van der Waals surface area (Å²) in [5, 5.41) is 8.65. The predicted octanol–water partition coefficient (Wildman–Crippen LogP) is 1.61. The molecule has 1 heterocycles. The van der Waals surface area contributed by atoms with Gasteiger partial charge < -0.3 is 10.0 Å². The monoisotopic (exact) mass is 292 g/mol. The molecule has 19 heavy (non-hydrogen) atoms. The maximum Gasteiger partial charge on any atom is 0.304 e. The normalized spacial score (nSPS) is 17.5. The number of aliphatic carboxylic acids is 1. The van der Waals surface area contributed by atoms with Gasteiger partial charge in [-0.1, -0.05) is 12.8 Å². The second-order valence-electron chi connectivity index (χ2n) is 5.04. The van der Waals surface area contributed by atoms with Crippen LogP contribution in [0.4, 0.5) is 0 Å². The van der Waals surface area contributed by atoms with Crippen molar-refractivity contribution < 1.29 is 14.7 Å². The lowest BCUT2D eigenvalue weighted by Gasteiger charge is -2.29. The van der Waals surface area contributed by atoms with Gasteiger partial charge in [-0.05, 0) is 26.8 Å². The van der Waals surface area contributed by atoms with E-state index in [1.165, 1.54) is 12.8 Å². The summed E-state index contributed by atoms with van der Waals surface area (Å²) in [5.74, 6) is -0.693. The Bertz CT molecular complexity index is 292. The second-order valence-corrected chi connectivity index (χ2v) is 5.04. The van der Waals surface area contributed by atoms with E-state index < -0.39 is 5.97 Å². The molecule has 1 N–H and O–H groups in total. The summed E-state index contributed by atoms with van der Waals surface area (Å²) in [5.41, 5.74) is 0. The van der Waals surface area contributed by atoms with Gasteiger partial charge in [0.1, 0.15) is 0 Å². The van der Waals surface area contributed by atoms with Crippen molar-refractivity contribution in [3.63, 3.8) is 0 Å². The minimum absolute atomic E-state index is 0. The van der Waals surface area contributed by atoms with Crippen molar-refractivity contribution in [3.8, 4) is 0 Å². The first-order valence-electron chi connectivity index (χ1n) is 6.73. The highest BCUT2D eigenvalue weighted by molar-refractivity contribution is 5.85. The van der Waals surface area contributed by atoms with Crippen LogP contribution >= 0.6 is 12.4 Å². The number of carboxylic acid groups (broad SMARTS) is 1. The van der Waals surface area contributed by atoms with E-state index in [1.807, 2.05) is 23.8 Å². The number of rotatable bonds is 5. The number of nitrogens with zero attached hydrogens (tertiary/aromatic N) is 2. The molecule has 5 nitrogen and oxygen atoms in total. The summed E-state index contributed by atoms with van der Waals surface area (Å²) in [4.78, 5) is 26.5. The first kappa shape index (κ1) is 18.2. The van der Waals surface area contributed by atoms with Gasteiger partial charge in [-0.2, -0.15) is 0 Å². The number of amides is 1. The molecule has 1 aliphatic heterocycles. The Labute approximate surface area is 121 Å². The summed E-state index contributed by atoms with van der Waals surface area (Å²) in [6.07, 6.45) is 4.64. The highest BCUT2D eigenvalue weighted by Gasteiger charge is 2.24. The predicted molar refractivity (Wildman–Crippen MR) is 76.6 cm³/mol. The number of likely N-dealkylation sites (tertiary alicyclic amines) is 1. The molecule has 0 aliphatic carbocycles. The third-order valence-electron chi connectivity index (χ3n) is 3.61. The Morgan fingerprint density at radius 2 is 1.74 bits per heavy atom. The maximum absolute atomic E-state index is 12.3. The van der Waals surface area contributed by atoms with Crippen LogP contribution in [0.1, 0.15) is 39.0 Å². The minimum atomic E-state index is -0.823. The Morgan fingerprint density at radius 1 is 1.21 bits per heavy atom. The van der Waals surface area contributed by atoms with Crippen molar-refractivity contribution in [2.24, 2.45) is 0 Å². The molecule has 1 aliphatic rings. The SMILES string of the molecule is CC(C(=O)N1CCCCCC1)N(C)CCC(=O)O.Cl. The molecule has 0 radical (unpaired) electrons. The third kappa shape index (κ3) is 6.25. The molecule has 112 valence electrons. The van der Waals surface area contributed by atoms with Gasteiger partial charge in [0.2, 0.25) is 5.91 Å². The molecule has 0 bridgehead atoms. The topological polar surface area (TPSA) is 60.9 Å². The van der Waals surface area contributed by atoms with Gasteiger partial charge in [-0.15, -0.1) is 12.4 Å². The summed E-state index contributed by atoms with van der Waals surface area (Å²) >= 11 is 0. The molecule has 1 saturated heterocycles. The lowest BCUT2D eigenvalue weighted by molar-refractivity contribution is -0.140. The average Bonchev–Trinajstić information content (AvgIpc) is 2.62. The third-order valence-corrected chi connectivity index (χ3v) is 3.61. The van der Waals surface area contributed by atoms with E-state index in [-0.39, 0.29) is 30.8 Å². The molecule has 1 atom stereocenters. The van der Waals surface area contributed by atoms with Gasteiger partial charge in [-0.3, -0.25) is 14.5 Å². The number of hydrogen-bond donors (Lipinski definition) is 1. The van der Waals surface area contributed by atoms with E-state index in [4.69, 9.17) is 5.11 Å². The van der Waals surface area contributed by atoms with Crippen LogP contribution in [0.25, 0.3) is 0 Å². The maximum atomic E-state index is 12.3. The molecular formula is C13H25ClN2O3. The molecule has 0 aromatic heterocycles. The first-order valence-corrected chi connectivity index (χ1v) is 6.73. The van der Waals surface area contributed by atoms with Gasteiger partial charge in [0.15, 0.2) is 0 Å². The number of carboxylic acids is 1. The van der Waals surface area contributed by atoms with Crippen LogP contribution in [-0.4, -0.2) is 59.5 Å². The zero-order valence-corrected chi connectivity index (χ0v) is 12.6. The number of likely N-dealkylation sites (N-methyl/N-ethyl adjacent to an activating group) is 1. The number of carbonyl (C=O) groups excluding carboxylic acids is 1. The molecule has 0 aromatic rings. The lowest BCUT2D eigenvalue weighted by atomic mass is 10.2. The standard InChI is InChI=1S/C13H24N2O3.ClH/c1-11(14(2)10-7-12(16)17)13(18)15-8-5-3-4-6-9-15;/h11H,3-10H2,1-2H3,(H,16,17);1H. The molecule has 1 fully saturated rings. The molecular weight excluding hydrogens is 268 g/mol. The van der Waals surface area contributed by atoms with Crippen LogP contribution in [0.3, 0.4) is 0 Å². The van der Waals surface area contributed by atoms with Crippen molar-refractivity contribution >= 4 is 24.3 Å². The van der Waals surface area contributed by atoms with Crippen molar-refractivity contribution in [3.05, 3.63) is 0 Å². The molecule has 1 rings (SSSR count). The quantitative estimate of drug-likeness (QED) is 0.836. The fourth-order valence-corrected chi connectivity index (χ4v) is 2.21. The minimum Gasteiger partial charge on any atom is -0.481 e. The van der Waals surface area contributed by atoms with E-state index in [0.29, 0.717) is 6.54 Å². The fourth-order valence-electron chi connectivity index (χ4n) is 2.21. The highest BCUT2D eigenvalue weighted by Crippen LogP contribution is 2.12. The molecule has 1 amide bonds. The van der Waals surface area contributed by atoms with Crippen LogP contribution < -0.4 is 0 Å². The molecule has 0 spiro atoms. The highest BCUT2D eigenvalue weighted by atomic mass is 35.5. The van der Waals surface area contributed by atoms with Crippen LogP contribution in [0, 0.1) is 0 Å². The van der Waals surface area contributed by atoms with Crippen molar-refractivity contribution in [1.29, 1.82) is 0 Å². The van der Waals surface area contributed by atoms with Crippen LogP contribution in [0.5, 0.6) is 0 Å². The van der Waals surface area contributed by atoms with Crippen LogP contribution in [0.2, 0.25) is 0 Å². The summed E-state index contributed by atoms with van der Waals surface area (Å²) in [6.45, 7) is 3.96. The summed E-state index contributed by atoms with van der Waals surface area (Å²) < 4.78 is 0. The zero-order chi connectivity index (χ0) is 13.5. The second kappa shape index (κ2) is 9.15. The Kier molecular flexibility index (Phi) is 8.76. The smallest absolute Gasteiger partial charge is 0.304 e. The largest absolute Gasteiger partial charge is 0.481 e. The Balaban J connectivity index is 0.00000324. The van der Waals surface area contributed by atoms with E-state index in [9.17, 15) is 9.59 Å². The van der Waals surface area contributed by atoms with Crippen LogP contribution in [0.15, 0.2) is 0 Å². The van der Waals surface area contributed by atoms with Gasteiger partial charge in [0.05, 0.1) is 12.5 Å². The zero-order valence-electron chi connectivity index (χ0n) is 11.8. The number of halogens is 1. The first-order chi connectivity index (χ1) is 8.52. The van der Waals surface area contributed by atoms with Gasteiger partial charge in [0, 0.05) is 19.6 Å². The van der Waals surface area contributed by atoms with Crippen molar-refractivity contribution in [2.45, 2.75) is 45.1 Å². The van der Waals surface area contributed by atoms with E-state index in [2.05, 4.69) is 0 Å². The lowest BCUT2D eigenvalue weighted by Crippen LogP contribution is -2.46. The Hall–Kier alpha value is -0.810. The summed E-state index contributed by atoms with van der Waals surface area (Å²) in [6, 6.07) is -0.234. The van der Waals surface area contributed by atoms with E-state index in [1.54, 1.807) is 0 Å². The van der Waals surface area contributed by atoms with Gasteiger partial charge >= 0.3 is 5.97 Å². The molecule has 0 saturated carbocycles.